The van der Waals surface area contributed by atoms with Crippen molar-refractivity contribution in [3.63, 3.8) is 0 Å². The summed E-state index contributed by atoms with van der Waals surface area (Å²) >= 11 is 1.50. The SMILES string of the molecule is CCc1cccc2sc(NC(=O)c3cc(C)nn3C(C)C)nc12. The fourth-order valence-electron chi connectivity index (χ4n) is 2.59. The fraction of sp³-hybridized carbons (Fsp3) is 0.353. The monoisotopic (exact) mass is 328 g/mol. The molecule has 0 aliphatic carbocycles. The number of carbonyl (C=O) groups is 1. The molecule has 0 saturated carbocycles. The van der Waals surface area contributed by atoms with Crippen LogP contribution in [-0.2, 0) is 6.42 Å². The van der Waals surface area contributed by atoms with E-state index in [0.29, 0.717) is 10.8 Å². The Balaban J connectivity index is 1.92. The van der Waals surface area contributed by atoms with Gasteiger partial charge in [0.05, 0.1) is 15.9 Å². The van der Waals surface area contributed by atoms with E-state index >= 15 is 0 Å². The van der Waals surface area contributed by atoms with Gasteiger partial charge in [-0.15, -0.1) is 0 Å². The van der Waals surface area contributed by atoms with Crippen molar-refractivity contribution in [3.05, 3.63) is 41.2 Å². The topological polar surface area (TPSA) is 59.8 Å². The predicted molar refractivity (Wildman–Crippen MR) is 94.3 cm³/mol. The molecule has 0 bridgehead atoms. The third-order valence-corrected chi connectivity index (χ3v) is 4.62. The minimum absolute atomic E-state index is 0.131. The number of rotatable bonds is 4. The number of hydrogen-bond acceptors (Lipinski definition) is 4. The van der Waals surface area contributed by atoms with Gasteiger partial charge in [-0.3, -0.25) is 14.8 Å². The fourth-order valence-corrected chi connectivity index (χ4v) is 3.49. The molecule has 120 valence electrons. The van der Waals surface area contributed by atoms with Crippen molar-refractivity contribution in [2.24, 2.45) is 0 Å². The number of nitrogens with one attached hydrogen (secondary N) is 1. The number of fused-ring (bicyclic) bond motifs is 1. The maximum Gasteiger partial charge on any atom is 0.275 e. The molecule has 3 rings (SSSR count). The standard InChI is InChI=1S/C17H20N4OS/c1-5-12-7-6-8-14-15(12)18-17(23-14)19-16(22)13-9-11(4)20-21(13)10(2)3/h6-10H,5H2,1-4H3,(H,18,19,22). The number of hydrogen-bond donors (Lipinski definition) is 1. The minimum atomic E-state index is -0.170. The van der Waals surface area contributed by atoms with Gasteiger partial charge in [0.25, 0.3) is 5.91 Å². The molecular weight excluding hydrogens is 308 g/mol. The van der Waals surface area contributed by atoms with Gasteiger partial charge in [-0.2, -0.15) is 5.10 Å². The zero-order chi connectivity index (χ0) is 16.6. The Bertz CT molecular complexity index is 863. The molecule has 23 heavy (non-hydrogen) atoms. The summed E-state index contributed by atoms with van der Waals surface area (Å²) in [5.74, 6) is -0.170. The van der Waals surface area contributed by atoms with Crippen molar-refractivity contribution in [2.75, 3.05) is 5.32 Å². The van der Waals surface area contributed by atoms with Crippen LogP contribution < -0.4 is 5.32 Å². The highest BCUT2D eigenvalue weighted by Crippen LogP contribution is 2.29. The molecule has 1 N–H and O–H groups in total. The molecule has 0 fully saturated rings. The van der Waals surface area contributed by atoms with Gasteiger partial charge in [-0.05, 0) is 44.9 Å². The second-order valence-corrected chi connectivity index (χ2v) is 6.83. The average Bonchev–Trinajstić information content (AvgIpc) is 3.09. The van der Waals surface area contributed by atoms with Crippen LogP contribution in [-0.4, -0.2) is 20.7 Å². The summed E-state index contributed by atoms with van der Waals surface area (Å²) < 4.78 is 2.84. The normalized spacial score (nSPS) is 11.3. The van der Waals surface area contributed by atoms with E-state index in [1.807, 2.05) is 32.9 Å². The van der Waals surface area contributed by atoms with E-state index in [0.717, 1.165) is 22.3 Å². The van der Waals surface area contributed by atoms with Crippen molar-refractivity contribution in [3.8, 4) is 0 Å². The predicted octanol–water partition coefficient (Wildman–Crippen LogP) is 4.20. The second kappa shape index (κ2) is 6.12. The van der Waals surface area contributed by atoms with E-state index < -0.39 is 0 Å². The van der Waals surface area contributed by atoms with E-state index in [2.05, 4.69) is 28.4 Å². The number of anilines is 1. The van der Waals surface area contributed by atoms with E-state index in [1.54, 1.807) is 10.7 Å². The molecule has 2 aromatic heterocycles. The summed E-state index contributed by atoms with van der Waals surface area (Å²) in [6.07, 6.45) is 0.924. The van der Waals surface area contributed by atoms with Crippen molar-refractivity contribution >= 4 is 32.6 Å². The molecule has 0 aliphatic rings. The van der Waals surface area contributed by atoms with Gasteiger partial charge < -0.3 is 0 Å². The smallest absolute Gasteiger partial charge is 0.275 e. The molecule has 0 spiro atoms. The molecule has 0 unspecified atom stereocenters. The van der Waals surface area contributed by atoms with Gasteiger partial charge >= 0.3 is 0 Å². The molecule has 0 atom stereocenters. The largest absolute Gasteiger partial charge is 0.296 e. The molecular formula is C17H20N4OS. The first kappa shape index (κ1) is 15.7. The maximum absolute atomic E-state index is 12.6. The number of benzene rings is 1. The number of aromatic nitrogens is 3. The van der Waals surface area contributed by atoms with Crippen LogP contribution in [0, 0.1) is 6.92 Å². The van der Waals surface area contributed by atoms with Gasteiger partial charge in [0.1, 0.15) is 5.69 Å². The average molecular weight is 328 g/mol. The van der Waals surface area contributed by atoms with Crippen LogP contribution in [0.2, 0.25) is 0 Å². The molecule has 0 aliphatic heterocycles. The molecule has 3 aromatic rings. The van der Waals surface area contributed by atoms with E-state index in [9.17, 15) is 4.79 Å². The lowest BCUT2D eigenvalue weighted by molar-refractivity contribution is 0.101. The highest BCUT2D eigenvalue weighted by Gasteiger charge is 2.18. The van der Waals surface area contributed by atoms with Gasteiger partial charge in [0.2, 0.25) is 0 Å². The van der Waals surface area contributed by atoms with Crippen LogP contribution in [0.15, 0.2) is 24.3 Å². The highest BCUT2D eigenvalue weighted by molar-refractivity contribution is 7.22. The van der Waals surface area contributed by atoms with E-state index in [4.69, 9.17) is 0 Å². The van der Waals surface area contributed by atoms with Crippen molar-refractivity contribution in [1.29, 1.82) is 0 Å². The Morgan fingerprint density at radius 1 is 1.39 bits per heavy atom. The first-order chi connectivity index (χ1) is 11.0. The van der Waals surface area contributed by atoms with Crippen molar-refractivity contribution in [1.82, 2.24) is 14.8 Å². The quantitative estimate of drug-likeness (QED) is 0.781. The Kier molecular flexibility index (Phi) is 4.17. The summed E-state index contributed by atoms with van der Waals surface area (Å²) in [5.41, 5.74) is 3.57. The second-order valence-electron chi connectivity index (χ2n) is 5.80. The van der Waals surface area contributed by atoms with E-state index in [-0.39, 0.29) is 11.9 Å². The highest BCUT2D eigenvalue weighted by atomic mass is 32.1. The third-order valence-electron chi connectivity index (χ3n) is 3.68. The number of aryl methyl sites for hydroxylation is 2. The van der Waals surface area contributed by atoms with Crippen LogP contribution in [0.5, 0.6) is 0 Å². The molecule has 0 radical (unpaired) electrons. The molecule has 2 heterocycles. The van der Waals surface area contributed by atoms with Gasteiger partial charge in [0, 0.05) is 6.04 Å². The van der Waals surface area contributed by atoms with Crippen LogP contribution in [0.1, 0.15) is 48.6 Å². The number of thiazole rings is 1. The van der Waals surface area contributed by atoms with E-state index in [1.165, 1.54) is 16.9 Å². The van der Waals surface area contributed by atoms with Crippen LogP contribution in [0.4, 0.5) is 5.13 Å². The Morgan fingerprint density at radius 3 is 2.87 bits per heavy atom. The lowest BCUT2D eigenvalue weighted by atomic mass is 10.1. The summed E-state index contributed by atoms with van der Waals surface area (Å²) in [6.45, 7) is 8.01. The molecule has 5 nitrogen and oxygen atoms in total. The Hall–Kier alpha value is -2.21. The maximum atomic E-state index is 12.6. The van der Waals surface area contributed by atoms with Crippen molar-refractivity contribution in [2.45, 2.75) is 40.2 Å². The number of nitrogens with zero attached hydrogens (tertiary/aromatic N) is 3. The third kappa shape index (κ3) is 2.99. The Morgan fingerprint density at radius 2 is 2.17 bits per heavy atom. The lowest BCUT2D eigenvalue weighted by Gasteiger charge is -2.09. The number of para-hydroxylation sites is 1. The number of amides is 1. The van der Waals surface area contributed by atoms with Gasteiger partial charge in [-0.25, -0.2) is 4.98 Å². The first-order valence-electron chi connectivity index (χ1n) is 7.75. The lowest BCUT2D eigenvalue weighted by Crippen LogP contribution is -2.18. The number of carbonyl (C=O) groups excluding carboxylic acids is 1. The van der Waals surface area contributed by atoms with Crippen LogP contribution >= 0.6 is 11.3 Å². The Labute approximate surface area is 139 Å². The van der Waals surface area contributed by atoms with Crippen LogP contribution in [0.25, 0.3) is 10.2 Å². The zero-order valence-corrected chi connectivity index (χ0v) is 14.6. The minimum Gasteiger partial charge on any atom is -0.296 e. The zero-order valence-electron chi connectivity index (χ0n) is 13.8. The molecule has 1 amide bonds. The molecule has 1 aromatic carbocycles. The van der Waals surface area contributed by atoms with Crippen molar-refractivity contribution < 1.29 is 4.79 Å². The van der Waals surface area contributed by atoms with Gasteiger partial charge in [0.15, 0.2) is 5.13 Å². The summed E-state index contributed by atoms with van der Waals surface area (Å²) in [7, 11) is 0. The van der Waals surface area contributed by atoms with Crippen LogP contribution in [0.3, 0.4) is 0 Å². The first-order valence-corrected chi connectivity index (χ1v) is 8.57. The summed E-state index contributed by atoms with van der Waals surface area (Å²) in [4.78, 5) is 17.2. The summed E-state index contributed by atoms with van der Waals surface area (Å²) in [5, 5.41) is 7.92. The molecule has 6 heteroatoms. The molecule has 0 saturated heterocycles. The van der Waals surface area contributed by atoms with Gasteiger partial charge in [-0.1, -0.05) is 30.4 Å². The summed E-state index contributed by atoms with van der Waals surface area (Å²) in [6, 6.07) is 8.07.